The van der Waals surface area contributed by atoms with Crippen molar-refractivity contribution < 1.29 is 19.4 Å². The molecule has 0 aromatic carbocycles. The molecule has 8 heteroatoms. The Morgan fingerprint density at radius 2 is 2.18 bits per heavy atom. The van der Waals surface area contributed by atoms with E-state index >= 15 is 0 Å². The molecule has 0 aliphatic carbocycles. The highest BCUT2D eigenvalue weighted by Gasteiger charge is 2.06. The number of amides is 1. The lowest BCUT2D eigenvalue weighted by Gasteiger charge is -2.04. The number of carbonyl (C=O) groups is 2. The van der Waals surface area contributed by atoms with Crippen LogP contribution in [0.25, 0.3) is 0 Å². The molecule has 1 amide bonds. The number of aromatic nitrogens is 2. The Kier molecular flexibility index (Phi) is 5.31. The average molecular weight is 260 g/mol. The number of carboxylic acid groups (broad SMARTS) is 1. The van der Waals surface area contributed by atoms with Gasteiger partial charge in [0.05, 0.1) is 19.0 Å². The largest absolute Gasteiger partial charge is 0.480 e. The summed E-state index contributed by atoms with van der Waals surface area (Å²) in [5.74, 6) is -1.48. The first-order valence-corrected chi connectivity index (χ1v) is 5.02. The Bertz CT molecular complexity index is 396. The molecule has 0 radical (unpaired) electrons. The number of nitrogens with one attached hydrogen (secondary N) is 1. The Hall–Kier alpha value is -1.73. The van der Waals surface area contributed by atoms with Crippen molar-refractivity contribution in [3.63, 3.8) is 0 Å². The zero-order chi connectivity index (χ0) is 12.7. The third-order valence-electron chi connectivity index (χ3n) is 1.61. The van der Waals surface area contributed by atoms with E-state index in [2.05, 4.69) is 15.3 Å². The maximum Gasteiger partial charge on any atom is 0.329 e. The normalized spacial score (nSPS) is 9.94. The molecule has 0 atom stereocenters. The maximum absolute atomic E-state index is 11.4. The molecule has 0 fully saturated rings. The highest BCUT2D eigenvalue weighted by molar-refractivity contribution is 6.29. The van der Waals surface area contributed by atoms with Gasteiger partial charge in [0.15, 0.2) is 0 Å². The third kappa shape index (κ3) is 5.23. The fraction of sp³-hybridized carbons (Fsp3) is 0.333. The van der Waals surface area contributed by atoms with Crippen LogP contribution < -0.4 is 5.32 Å². The van der Waals surface area contributed by atoms with Gasteiger partial charge < -0.3 is 15.2 Å². The minimum Gasteiger partial charge on any atom is -0.480 e. The highest BCUT2D eigenvalue weighted by atomic mass is 35.5. The smallest absolute Gasteiger partial charge is 0.329 e. The summed E-state index contributed by atoms with van der Waals surface area (Å²) in [6.07, 6.45) is 2.51. The van der Waals surface area contributed by atoms with Crippen LogP contribution in [0.5, 0.6) is 0 Å². The van der Waals surface area contributed by atoms with Gasteiger partial charge in [-0.3, -0.25) is 4.79 Å². The lowest BCUT2D eigenvalue weighted by Crippen LogP contribution is -2.28. The van der Waals surface area contributed by atoms with Crippen LogP contribution in [0.4, 0.5) is 0 Å². The van der Waals surface area contributed by atoms with Crippen molar-refractivity contribution >= 4 is 23.5 Å². The van der Waals surface area contributed by atoms with Gasteiger partial charge in [0.2, 0.25) is 0 Å². The van der Waals surface area contributed by atoms with Crippen molar-refractivity contribution in [2.45, 2.75) is 0 Å². The number of aliphatic carboxylic acids is 1. The maximum atomic E-state index is 11.4. The van der Waals surface area contributed by atoms with E-state index in [4.69, 9.17) is 21.4 Å². The summed E-state index contributed by atoms with van der Waals surface area (Å²) in [6, 6.07) is 0. The fourth-order valence-electron chi connectivity index (χ4n) is 0.916. The predicted octanol–water partition coefficient (Wildman–Crippen LogP) is -0.0390. The number of halogens is 1. The van der Waals surface area contributed by atoms with Crippen molar-refractivity contribution in [2.75, 3.05) is 19.8 Å². The number of carbonyl (C=O) groups excluding carboxylic acids is 1. The van der Waals surface area contributed by atoms with Gasteiger partial charge in [0.1, 0.15) is 17.5 Å². The van der Waals surface area contributed by atoms with Crippen LogP contribution in [-0.4, -0.2) is 46.7 Å². The van der Waals surface area contributed by atoms with Crippen LogP contribution in [0, 0.1) is 0 Å². The van der Waals surface area contributed by atoms with Gasteiger partial charge in [0, 0.05) is 6.54 Å². The third-order valence-corrected chi connectivity index (χ3v) is 1.81. The average Bonchev–Trinajstić information content (AvgIpc) is 2.29. The van der Waals surface area contributed by atoms with Crippen LogP contribution in [-0.2, 0) is 9.53 Å². The fourth-order valence-corrected chi connectivity index (χ4v) is 1.01. The summed E-state index contributed by atoms with van der Waals surface area (Å²) in [4.78, 5) is 29.0. The zero-order valence-corrected chi connectivity index (χ0v) is 9.48. The van der Waals surface area contributed by atoms with Gasteiger partial charge in [-0.15, -0.1) is 0 Å². The number of carboxylic acids is 1. The van der Waals surface area contributed by atoms with Gasteiger partial charge >= 0.3 is 5.97 Å². The highest BCUT2D eigenvalue weighted by Crippen LogP contribution is 2.00. The zero-order valence-electron chi connectivity index (χ0n) is 8.72. The minimum atomic E-state index is -1.06. The molecule has 17 heavy (non-hydrogen) atoms. The molecule has 0 spiro atoms. The second-order valence-corrected chi connectivity index (χ2v) is 3.31. The second-order valence-electron chi connectivity index (χ2n) is 2.93. The van der Waals surface area contributed by atoms with Crippen LogP contribution in [0.3, 0.4) is 0 Å². The molecule has 7 nitrogen and oxygen atoms in total. The lowest BCUT2D eigenvalue weighted by molar-refractivity contribution is -0.142. The summed E-state index contributed by atoms with van der Waals surface area (Å²) in [7, 11) is 0. The Morgan fingerprint density at radius 1 is 1.41 bits per heavy atom. The molecule has 0 aliphatic rings. The monoisotopic (exact) mass is 259 g/mol. The molecule has 0 aliphatic heterocycles. The van der Waals surface area contributed by atoms with Crippen molar-refractivity contribution in [3.8, 4) is 0 Å². The summed E-state index contributed by atoms with van der Waals surface area (Å²) in [5.41, 5.74) is 0.132. The Morgan fingerprint density at radius 3 is 2.76 bits per heavy atom. The number of hydrogen-bond donors (Lipinski definition) is 2. The molecular weight excluding hydrogens is 250 g/mol. The van der Waals surface area contributed by atoms with E-state index in [0.717, 1.165) is 0 Å². The van der Waals surface area contributed by atoms with Crippen LogP contribution in [0.2, 0.25) is 5.15 Å². The summed E-state index contributed by atoms with van der Waals surface area (Å²) in [5, 5.41) is 11.0. The first-order valence-electron chi connectivity index (χ1n) is 4.65. The number of ether oxygens (including phenoxy) is 1. The predicted molar refractivity (Wildman–Crippen MR) is 57.8 cm³/mol. The number of rotatable bonds is 6. The Labute approximate surface area is 102 Å². The molecule has 0 saturated carbocycles. The van der Waals surface area contributed by atoms with E-state index in [1.54, 1.807) is 0 Å². The van der Waals surface area contributed by atoms with E-state index in [9.17, 15) is 9.59 Å². The number of nitrogens with zero attached hydrogens (tertiary/aromatic N) is 2. The molecule has 0 bridgehead atoms. The van der Waals surface area contributed by atoms with E-state index < -0.39 is 18.5 Å². The second kappa shape index (κ2) is 6.77. The molecule has 1 rings (SSSR count). The molecular formula is C9H10ClN3O4. The summed E-state index contributed by atoms with van der Waals surface area (Å²) in [6.45, 7) is -0.0912. The first kappa shape index (κ1) is 13.3. The molecule has 92 valence electrons. The van der Waals surface area contributed by atoms with Crippen molar-refractivity contribution in [1.82, 2.24) is 15.3 Å². The summed E-state index contributed by atoms with van der Waals surface area (Å²) < 4.78 is 4.73. The van der Waals surface area contributed by atoms with Gasteiger partial charge in [-0.2, -0.15) is 0 Å². The van der Waals surface area contributed by atoms with Crippen molar-refractivity contribution in [2.24, 2.45) is 0 Å². The number of hydrogen-bond acceptors (Lipinski definition) is 5. The van der Waals surface area contributed by atoms with Crippen molar-refractivity contribution in [1.29, 1.82) is 0 Å². The summed E-state index contributed by atoms with van der Waals surface area (Å²) >= 11 is 5.51. The van der Waals surface area contributed by atoms with Crippen molar-refractivity contribution in [3.05, 3.63) is 23.2 Å². The van der Waals surface area contributed by atoms with Crippen LogP contribution in [0.15, 0.2) is 12.4 Å². The topological polar surface area (TPSA) is 101 Å². The molecule has 1 aromatic heterocycles. The van der Waals surface area contributed by atoms with E-state index in [0.29, 0.717) is 0 Å². The molecule has 2 N–H and O–H groups in total. The van der Waals surface area contributed by atoms with E-state index in [1.807, 2.05) is 0 Å². The molecule has 1 heterocycles. The van der Waals surface area contributed by atoms with Gasteiger partial charge in [0.25, 0.3) is 5.91 Å². The van der Waals surface area contributed by atoms with Crippen LogP contribution in [0.1, 0.15) is 10.5 Å². The quantitative estimate of drug-likeness (QED) is 0.695. The standard InChI is InChI=1S/C9H10ClN3O4/c10-7-4-12-6(3-13-7)9(16)11-1-2-17-5-8(14)15/h3-4H,1-2,5H2,(H,11,16)(H,14,15). The Balaban J connectivity index is 2.25. The molecule has 0 saturated heterocycles. The van der Waals surface area contributed by atoms with E-state index in [-0.39, 0.29) is 24.0 Å². The van der Waals surface area contributed by atoms with Gasteiger partial charge in [-0.05, 0) is 0 Å². The molecule has 1 aromatic rings. The van der Waals surface area contributed by atoms with Crippen LogP contribution >= 0.6 is 11.6 Å². The van der Waals surface area contributed by atoms with E-state index in [1.165, 1.54) is 12.4 Å². The first-order chi connectivity index (χ1) is 8.09. The minimum absolute atomic E-state index is 0.110. The van der Waals surface area contributed by atoms with Gasteiger partial charge in [-0.25, -0.2) is 14.8 Å². The SMILES string of the molecule is O=C(O)COCCNC(=O)c1cnc(Cl)cn1. The molecule has 0 unspecified atom stereocenters. The lowest BCUT2D eigenvalue weighted by atomic mass is 10.4. The van der Waals surface area contributed by atoms with Gasteiger partial charge in [-0.1, -0.05) is 11.6 Å².